The summed E-state index contributed by atoms with van der Waals surface area (Å²) < 4.78 is 0. The molecule has 13 heavy (non-hydrogen) atoms. The van der Waals surface area contributed by atoms with Crippen molar-refractivity contribution >= 4 is 5.97 Å². The largest absolute Gasteiger partial charge is 0.480 e. The quantitative estimate of drug-likeness (QED) is 0.431. The van der Waals surface area contributed by atoms with Crippen molar-refractivity contribution in [3.05, 3.63) is 0 Å². The first kappa shape index (κ1) is 12.3. The summed E-state index contributed by atoms with van der Waals surface area (Å²) in [6.45, 7) is 4.34. The van der Waals surface area contributed by atoms with Gasteiger partial charge >= 0.3 is 5.97 Å². The zero-order valence-electron chi connectivity index (χ0n) is 8.03. The van der Waals surface area contributed by atoms with Crippen LogP contribution in [-0.4, -0.2) is 41.4 Å². The molecular weight excluding hydrogens is 172 g/mol. The first-order chi connectivity index (χ1) is 5.95. The maximum absolute atomic E-state index is 10.3. The number of hydrogen-bond donors (Lipinski definition) is 4. The lowest BCUT2D eigenvalue weighted by atomic mass is 10.1. The van der Waals surface area contributed by atoms with Crippen molar-refractivity contribution in [2.45, 2.75) is 26.0 Å². The van der Waals surface area contributed by atoms with Crippen molar-refractivity contribution < 1.29 is 15.0 Å². The molecule has 0 fully saturated rings. The van der Waals surface area contributed by atoms with Crippen LogP contribution in [0, 0.1) is 5.92 Å². The Kier molecular flexibility index (Phi) is 5.61. The van der Waals surface area contributed by atoms with Gasteiger partial charge in [-0.3, -0.25) is 4.79 Å². The van der Waals surface area contributed by atoms with E-state index in [9.17, 15) is 9.90 Å². The van der Waals surface area contributed by atoms with Crippen molar-refractivity contribution in [2.24, 2.45) is 11.7 Å². The van der Waals surface area contributed by atoms with Crippen LogP contribution in [0.1, 0.15) is 13.8 Å². The molecule has 0 radical (unpaired) electrons. The van der Waals surface area contributed by atoms with Crippen LogP contribution in [0.3, 0.4) is 0 Å². The van der Waals surface area contributed by atoms with E-state index in [1.54, 1.807) is 0 Å². The monoisotopic (exact) mass is 190 g/mol. The SMILES string of the molecule is CC(C)C(O)CNCC(N)C(=O)O. The molecule has 0 saturated carbocycles. The Balaban J connectivity index is 3.50. The lowest BCUT2D eigenvalue weighted by Crippen LogP contribution is -2.43. The van der Waals surface area contributed by atoms with Gasteiger partial charge in [-0.2, -0.15) is 0 Å². The van der Waals surface area contributed by atoms with E-state index >= 15 is 0 Å². The summed E-state index contributed by atoms with van der Waals surface area (Å²) in [5.74, 6) is -0.875. The van der Waals surface area contributed by atoms with Gasteiger partial charge in [0.15, 0.2) is 0 Å². The van der Waals surface area contributed by atoms with Gasteiger partial charge in [-0.25, -0.2) is 0 Å². The van der Waals surface area contributed by atoms with Crippen molar-refractivity contribution in [1.29, 1.82) is 0 Å². The first-order valence-electron chi connectivity index (χ1n) is 4.32. The molecular formula is C8H18N2O3. The van der Waals surface area contributed by atoms with Gasteiger partial charge in [0, 0.05) is 13.1 Å². The fourth-order valence-corrected chi connectivity index (χ4v) is 0.710. The fourth-order valence-electron chi connectivity index (χ4n) is 0.710. The zero-order valence-corrected chi connectivity index (χ0v) is 8.03. The number of carboxylic acids is 1. The van der Waals surface area contributed by atoms with Gasteiger partial charge in [0.25, 0.3) is 0 Å². The minimum atomic E-state index is -1.04. The van der Waals surface area contributed by atoms with Crippen LogP contribution in [0.25, 0.3) is 0 Å². The minimum absolute atomic E-state index is 0.161. The standard InChI is InChI=1S/C8H18N2O3/c1-5(2)7(11)4-10-3-6(9)8(12)13/h5-7,10-11H,3-4,9H2,1-2H3,(H,12,13). The van der Waals surface area contributed by atoms with Crippen LogP contribution in [0.2, 0.25) is 0 Å². The predicted octanol–water partition coefficient (Wildman–Crippen LogP) is -0.995. The Bertz CT molecular complexity index is 161. The van der Waals surface area contributed by atoms with Crippen LogP contribution < -0.4 is 11.1 Å². The summed E-state index contributed by atoms with van der Waals surface area (Å²) in [7, 11) is 0. The van der Waals surface area contributed by atoms with Crippen LogP contribution in [-0.2, 0) is 4.79 Å². The molecule has 5 N–H and O–H groups in total. The highest BCUT2D eigenvalue weighted by molar-refractivity contribution is 5.73. The third-order valence-corrected chi connectivity index (χ3v) is 1.80. The molecule has 0 aromatic rings. The second-order valence-electron chi connectivity index (χ2n) is 3.41. The molecule has 0 aromatic heterocycles. The average molecular weight is 190 g/mol. The smallest absolute Gasteiger partial charge is 0.321 e. The minimum Gasteiger partial charge on any atom is -0.480 e. The molecule has 0 aliphatic rings. The molecule has 0 amide bonds. The fraction of sp³-hybridized carbons (Fsp3) is 0.875. The molecule has 0 aromatic carbocycles. The second kappa shape index (κ2) is 5.90. The first-order valence-corrected chi connectivity index (χ1v) is 4.32. The molecule has 0 aliphatic carbocycles. The van der Waals surface area contributed by atoms with Crippen LogP contribution in [0.15, 0.2) is 0 Å². The van der Waals surface area contributed by atoms with E-state index in [0.29, 0.717) is 6.54 Å². The Hall–Kier alpha value is -0.650. The molecule has 5 nitrogen and oxygen atoms in total. The number of hydrogen-bond acceptors (Lipinski definition) is 4. The number of aliphatic hydroxyl groups excluding tert-OH is 1. The van der Waals surface area contributed by atoms with Crippen LogP contribution in [0.5, 0.6) is 0 Å². The molecule has 0 saturated heterocycles. The summed E-state index contributed by atoms with van der Waals surface area (Å²) in [5.41, 5.74) is 5.24. The van der Waals surface area contributed by atoms with E-state index in [2.05, 4.69) is 5.32 Å². The number of nitrogens with two attached hydrogens (primary N) is 1. The van der Waals surface area contributed by atoms with Gasteiger partial charge in [-0.05, 0) is 5.92 Å². The number of aliphatic hydroxyl groups is 1. The molecule has 0 heterocycles. The summed E-state index contributed by atoms with van der Waals surface area (Å²) in [6.07, 6.45) is -0.457. The number of aliphatic carboxylic acids is 1. The number of carboxylic acid groups (broad SMARTS) is 1. The average Bonchev–Trinajstić information content (AvgIpc) is 2.03. The van der Waals surface area contributed by atoms with E-state index in [1.165, 1.54) is 0 Å². The van der Waals surface area contributed by atoms with Gasteiger partial charge in [0.05, 0.1) is 6.10 Å². The van der Waals surface area contributed by atoms with Crippen LogP contribution >= 0.6 is 0 Å². The molecule has 0 spiro atoms. The molecule has 0 rings (SSSR count). The molecule has 2 atom stereocenters. The van der Waals surface area contributed by atoms with Gasteiger partial charge in [-0.1, -0.05) is 13.8 Å². The highest BCUT2D eigenvalue weighted by Crippen LogP contribution is 1.98. The van der Waals surface area contributed by atoms with E-state index in [4.69, 9.17) is 10.8 Å². The lowest BCUT2D eigenvalue weighted by molar-refractivity contribution is -0.138. The van der Waals surface area contributed by atoms with E-state index in [1.807, 2.05) is 13.8 Å². The van der Waals surface area contributed by atoms with E-state index in [-0.39, 0.29) is 12.5 Å². The molecule has 0 aliphatic heterocycles. The summed E-state index contributed by atoms with van der Waals surface area (Å²) in [5, 5.41) is 20.5. The van der Waals surface area contributed by atoms with Gasteiger partial charge in [-0.15, -0.1) is 0 Å². The Morgan fingerprint density at radius 1 is 1.46 bits per heavy atom. The molecule has 78 valence electrons. The normalized spacial score (nSPS) is 15.8. The topological polar surface area (TPSA) is 95.6 Å². The predicted molar refractivity (Wildman–Crippen MR) is 49.3 cm³/mol. The second-order valence-corrected chi connectivity index (χ2v) is 3.41. The lowest BCUT2D eigenvalue weighted by Gasteiger charge is -2.15. The third-order valence-electron chi connectivity index (χ3n) is 1.80. The Morgan fingerprint density at radius 3 is 2.38 bits per heavy atom. The highest BCUT2D eigenvalue weighted by Gasteiger charge is 2.12. The summed E-state index contributed by atoms with van der Waals surface area (Å²) >= 11 is 0. The van der Waals surface area contributed by atoms with Gasteiger partial charge in [0.2, 0.25) is 0 Å². The van der Waals surface area contributed by atoms with Crippen molar-refractivity contribution in [3.63, 3.8) is 0 Å². The van der Waals surface area contributed by atoms with Crippen molar-refractivity contribution in [3.8, 4) is 0 Å². The number of nitrogens with one attached hydrogen (secondary N) is 1. The zero-order chi connectivity index (χ0) is 10.4. The molecule has 5 heteroatoms. The molecule has 2 unspecified atom stereocenters. The maximum Gasteiger partial charge on any atom is 0.321 e. The van der Waals surface area contributed by atoms with E-state index < -0.39 is 18.1 Å². The highest BCUT2D eigenvalue weighted by atomic mass is 16.4. The Morgan fingerprint density at radius 2 is 2.00 bits per heavy atom. The number of carbonyl (C=O) groups is 1. The van der Waals surface area contributed by atoms with E-state index in [0.717, 1.165) is 0 Å². The van der Waals surface area contributed by atoms with Crippen molar-refractivity contribution in [2.75, 3.05) is 13.1 Å². The van der Waals surface area contributed by atoms with Gasteiger partial charge in [0.1, 0.15) is 6.04 Å². The summed E-state index contributed by atoms with van der Waals surface area (Å²) in [6, 6.07) is -0.903. The number of rotatable bonds is 6. The summed E-state index contributed by atoms with van der Waals surface area (Å²) in [4.78, 5) is 10.3. The third kappa shape index (κ3) is 5.57. The maximum atomic E-state index is 10.3. The molecule has 0 bridgehead atoms. The van der Waals surface area contributed by atoms with Crippen molar-refractivity contribution in [1.82, 2.24) is 5.32 Å². The Labute approximate surface area is 77.9 Å². The van der Waals surface area contributed by atoms with Gasteiger partial charge < -0.3 is 21.3 Å². The van der Waals surface area contributed by atoms with Crippen LogP contribution in [0.4, 0.5) is 0 Å².